The third-order valence-electron chi connectivity index (χ3n) is 3.18. The second-order valence-electron chi connectivity index (χ2n) is 4.23. The van der Waals surface area contributed by atoms with Gasteiger partial charge in [0.2, 0.25) is 0 Å². The van der Waals surface area contributed by atoms with Crippen LogP contribution in [0.3, 0.4) is 0 Å². The van der Waals surface area contributed by atoms with Crippen LogP contribution in [0.2, 0.25) is 0 Å². The van der Waals surface area contributed by atoms with Crippen molar-refractivity contribution in [2.24, 2.45) is 5.73 Å². The fraction of sp³-hybridized carbons (Fsp3) is 0.143. The highest BCUT2D eigenvalue weighted by molar-refractivity contribution is 5.84. The van der Waals surface area contributed by atoms with Gasteiger partial charge >= 0.3 is 0 Å². The van der Waals surface area contributed by atoms with Crippen molar-refractivity contribution in [1.29, 1.82) is 0 Å². The lowest BCUT2D eigenvalue weighted by atomic mass is 9.95. The highest BCUT2D eigenvalue weighted by atomic mass is 15.1. The number of hydrogen-bond acceptors (Lipinski definition) is 3. The van der Waals surface area contributed by atoms with Crippen LogP contribution in [0.5, 0.6) is 0 Å². The van der Waals surface area contributed by atoms with Gasteiger partial charge in [0, 0.05) is 35.8 Å². The van der Waals surface area contributed by atoms with Crippen LogP contribution in [0, 0.1) is 0 Å². The van der Waals surface area contributed by atoms with E-state index < -0.39 is 0 Å². The fourth-order valence-electron chi connectivity index (χ4n) is 2.29. The van der Waals surface area contributed by atoms with Crippen LogP contribution in [0.25, 0.3) is 10.9 Å². The van der Waals surface area contributed by atoms with E-state index in [-0.39, 0.29) is 5.92 Å². The molecule has 90 valence electrons. The molecule has 0 saturated heterocycles. The quantitative estimate of drug-likeness (QED) is 0.733. The molecule has 0 aliphatic rings. The van der Waals surface area contributed by atoms with E-state index in [0.29, 0.717) is 6.54 Å². The van der Waals surface area contributed by atoms with E-state index in [1.807, 2.05) is 30.5 Å². The molecule has 0 spiro atoms. The largest absolute Gasteiger partial charge is 0.361 e. The molecule has 1 atom stereocenters. The van der Waals surface area contributed by atoms with Crippen LogP contribution in [-0.2, 0) is 0 Å². The average molecular weight is 238 g/mol. The summed E-state index contributed by atoms with van der Waals surface area (Å²) in [5, 5.41) is 9.29. The second kappa shape index (κ2) is 4.58. The minimum absolute atomic E-state index is 0.0786. The summed E-state index contributed by atoms with van der Waals surface area (Å²) >= 11 is 0. The number of nitrogens with two attached hydrogens (primary N) is 1. The molecular weight excluding hydrogens is 224 g/mol. The summed E-state index contributed by atoms with van der Waals surface area (Å²) in [5.41, 5.74) is 9.11. The predicted molar refractivity (Wildman–Crippen MR) is 71.2 cm³/mol. The third-order valence-corrected chi connectivity index (χ3v) is 3.18. The number of H-pyrrole nitrogens is 1. The normalized spacial score (nSPS) is 12.7. The van der Waals surface area contributed by atoms with Crippen LogP contribution in [-0.4, -0.2) is 21.7 Å². The number of fused-ring (bicyclic) bond motifs is 1. The summed E-state index contributed by atoms with van der Waals surface area (Å²) in [6.45, 7) is 0.514. The van der Waals surface area contributed by atoms with Gasteiger partial charge in [-0.05, 0) is 23.8 Å². The first-order valence-corrected chi connectivity index (χ1v) is 5.94. The molecule has 0 radical (unpaired) electrons. The van der Waals surface area contributed by atoms with Crippen molar-refractivity contribution in [1.82, 2.24) is 15.2 Å². The summed E-state index contributed by atoms with van der Waals surface area (Å²) in [6.07, 6.45) is 3.68. The molecule has 3 N–H and O–H groups in total. The van der Waals surface area contributed by atoms with E-state index in [1.54, 1.807) is 6.20 Å². The highest BCUT2D eigenvalue weighted by Crippen LogP contribution is 2.28. The number of aromatic nitrogens is 3. The zero-order valence-electron chi connectivity index (χ0n) is 9.88. The molecule has 0 fully saturated rings. The number of rotatable bonds is 3. The van der Waals surface area contributed by atoms with Crippen molar-refractivity contribution in [3.63, 3.8) is 0 Å². The number of nitrogens with zero attached hydrogens (tertiary/aromatic N) is 2. The smallest absolute Gasteiger partial charge is 0.0719 e. The molecule has 0 aliphatic heterocycles. The van der Waals surface area contributed by atoms with Crippen LogP contribution in [0.4, 0.5) is 0 Å². The van der Waals surface area contributed by atoms with Gasteiger partial charge in [-0.25, -0.2) is 0 Å². The fourth-order valence-corrected chi connectivity index (χ4v) is 2.29. The van der Waals surface area contributed by atoms with Crippen molar-refractivity contribution in [3.8, 4) is 0 Å². The zero-order valence-corrected chi connectivity index (χ0v) is 9.88. The topological polar surface area (TPSA) is 67.6 Å². The summed E-state index contributed by atoms with van der Waals surface area (Å²) in [5.74, 6) is 0.0786. The maximum atomic E-state index is 5.91. The Kier molecular flexibility index (Phi) is 2.78. The number of nitrogens with one attached hydrogen (secondary N) is 1. The molecule has 1 aromatic carbocycles. The molecular formula is C14H14N4. The molecule has 4 nitrogen and oxygen atoms in total. The maximum absolute atomic E-state index is 5.91. The highest BCUT2D eigenvalue weighted by Gasteiger charge is 2.17. The van der Waals surface area contributed by atoms with Gasteiger partial charge in [0.1, 0.15) is 0 Å². The van der Waals surface area contributed by atoms with Gasteiger partial charge in [-0.3, -0.25) is 0 Å². The van der Waals surface area contributed by atoms with Gasteiger partial charge in [-0.15, -0.1) is 0 Å². The van der Waals surface area contributed by atoms with Crippen molar-refractivity contribution < 1.29 is 0 Å². The van der Waals surface area contributed by atoms with Gasteiger partial charge < -0.3 is 10.7 Å². The molecule has 0 saturated carbocycles. The van der Waals surface area contributed by atoms with E-state index in [9.17, 15) is 0 Å². The van der Waals surface area contributed by atoms with Crippen molar-refractivity contribution >= 4 is 10.9 Å². The number of aromatic amines is 1. The Bertz CT molecular complexity index is 645. The number of benzene rings is 1. The van der Waals surface area contributed by atoms with Gasteiger partial charge in [-0.2, -0.15) is 10.2 Å². The van der Waals surface area contributed by atoms with Crippen molar-refractivity contribution in [3.05, 3.63) is 60.0 Å². The molecule has 2 heterocycles. The first kappa shape index (κ1) is 10.9. The number of para-hydroxylation sites is 1. The first-order chi connectivity index (χ1) is 8.90. The van der Waals surface area contributed by atoms with Crippen LogP contribution in [0.15, 0.2) is 48.8 Å². The lowest BCUT2D eigenvalue weighted by Gasteiger charge is -2.12. The molecule has 4 heteroatoms. The molecule has 0 amide bonds. The molecule has 3 rings (SSSR count). The van der Waals surface area contributed by atoms with Gasteiger partial charge in [-0.1, -0.05) is 18.2 Å². The van der Waals surface area contributed by atoms with Crippen LogP contribution < -0.4 is 5.73 Å². The summed E-state index contributed by atoms with van der Waals surface area (Å²) in [7, 11) is 0. The minimum Gasteiger partial charge on any atom is -0.361 e. The Hall–Kier alpha value is -2.20. The van der Waals surface area contributed by atoms with Crippen molar-refractivity contribution in [2.75, 3.05) is 6.54 Å². The lowest BCUT2D eigenvalue weighted by Crippen LogP contribution is -2.15. The molecule has 1 unspecified atom stereocenters. The Balaban J connectivity index is 2.12. The molecule has 2 aromatic heterocycles. The Morgan fingerprint density at radius 2 is 2.06 bits per heavy atom. The third kappa shape index (κ3) is 1.76. The summed E-state index contributed by atoms with van der Waals surface area (Å²) in [6, 6.07) is 12.1. The molecule has 0 bridgehead atoms. The van der Waals surface area contributed by atoms with Gasteiger partial charge in [0.25, 0.3) is 0 Å². The molecule has 3 aromatic rings. The Labute approximate surface area is 105 Å². The van der Waals surface area contributed by atoms with Crippen LogP contribution in [0.1, 0.15) is 17.2 Å². The second-order valence-corrected chi connectivity index (χ2v) is 4.23. The van der Waals surface area contributed by atoms with Gasteiger partial charge in [0.05, 0.1) is 5.69 Å². The average Bonchev–Trinajstić information content (AvgIpc) is 2.85. The monoisotopic (exact) mass is 238 g/mol. The van der Waals surface area contributed by atoms with E-state index in [1.165, 1.54) is 10.9 Å². The lowest BCUT2D eigenvalue weighted by molar-refractivity contribution is 0.765. The van der Waals surface area contributed by atoms with E-state index in [4.69, 9.17) is 5.73 Å². The zero-order chi connectivity index (χ0) is 12.4. The maximum Gasteiger partial charge on any atom is 0.0719 e. The number of hydrogen-bond donors (Lipinski definition) is 2. The van der Waals surface area contributed by atoms with Crippen molar-refractivity contribution in [2.45, 2.75) is 5.92 Å². The summed E-state index contributed by atoms with van der Waals surface area (Å²) < 4.78 is 0. The molecule has 18 heavy (non-hydrogen) atoms. The molecule has 0 aliphatic carbocycles. The standard InChI is InChI=1S/C14H14N4/c15-8-11(14-6-3-7-17-18-14)12-9-16-13-5-2-1-4-10(12)13/h1-7,9,11,16H,8,15H2. The first-order valence-electron chi connectivity index (χ1n) is 5.94. The minimum atomic E-state index is 0.0786. The Morgan fingerprint density at radius 3 is 2.83 bits per heavy atom. The van der Waals surface area contributed by atoms with E-state index in [2.05, 4.69) is 27.3 Å². The van der Waals surface area contributed by atoms with E-state index in [0.717, 1.165) is 11.2 Å². The SMILES string of the molecule is NCC(c1cccnn1)c1c[nH]c2ccccc12. The summed E-state index contributed by atoms with van der Waals surface area (Å²) in [4.78, 5) is 3.27. The Morgan fingerprint density at radius 1 is 1.17 bits per heavy atom. The predicted octanol–water partition coefficient (Wildman–Crippen LogP) is 2.05. The van der Waals surface area contributed by atoms with E-state index >= 15 is 0 Å². The van der Waals surface area contributed by atoms with Crippen LogP contribution >= 0.6 is 0 Å². The van der Waals surface area contributed by atoms with Gasteiger partial charge in [0.15, 0.2) is 0 Å².